The second-order valence-corrected chi connectivity index (χ2v) is 7.40. The first-order valence-electron chi connectivity index (χ1n) is 9.77. The largest absolute Gasteiger partial charge is 0.459 e. The number of carbonyl (C=O) groups excluding carboxylic acids is 2. The summed E-state index contributed by atoms with van der Waals surface area (Å²) >= 11 is 0. The van der Waals surface area contributed by atoms with Gasteiger partial charge in [-0.25, -0.2) is 15.6 Å². The van der Waals surface area contributed by atoms with Crippen LogP contribution in [-0.2, 0) is 9.53 Å². The van der Waals surface area contributed by atoms with Gasteiger partial charge in [-0.15, -0.1) is 0 Å². The fourth-order valence-corrected chi connectivity index (χ4v) is 3.62. The number of para-hydroxylation sites is 1. The maximum absolute atomic E-state index is 12.7. The summed E-state index contributed by atoms with van der Waals surface area (Å²) in [6.07, 6.45) is 4.81. The van der Waals surface area contributed by atoms with Gasteiger partial charge in [-0.05, 0) is 44.2 Å². The van der Waals surface area contributed by atoms with Gasteiger partial charge in [0.1, 0.15) is 12.1 Å². The molecule has 0 bridgehead atoms. The van der Waals surface area contributed by atoms with Crippen LogP contribution in [0.1, 0.15) is 42.5 Å². The molecule has 27 heavy (non-hydrogen) atoms. The van der Waals surface area contributed by atoms with Crippen molar-refractivity contribution < 1.29 is 14.3 Å². The van der Waals surface area contributed by atoms with Gasteiger partial charge in [0.05, 0.1) is 17.4 Å². The number of rotatable bonds is 5. The number of hydrogen-bond donors (Lipinski definition) is 4. The van der Waals surface area contributed by atoms with Crippen molar-refractivity contribution in [2.24, 2.45) is 0 Å². The molecule has 0 radical (unpaired) electrons. The standard InChI is InChI=1S/C19H27N5O3/c25-18(16-8-9-17(23-22-16)24-11-10-20-12-24)21-15-7-2-1-6-14(15)19(26)27-13-4-3-5-13/h1-2,6-7,13,16-17,20,22-23H,3-5,8-12H2,(H,21,25). The highest BCUT2D eigenvalue weighted by Gasteiger charge is 2.30. The van der Waals surface area contributed by atoms with E-state index in [0.717, 1.165) is 51.9 Å². The zero-order valence-electron chi connectivity index (χ0n) is 15.4. The third kappa shape index (κ3) is 4.30. The van der Waals surface area contributed by atoms with Crippen molar-refractivity contribution in [1.29, 1.82) is 0 Å². The molecule has 2 atom stereocenters. The van der Waals surface area contributed by atoms with Gasteiger partial charge in [0.15, 0.2) is 0 Å². The van der Waals surface area contributed by atoms with Gasteiger partial charge in [-0.3, -0.25) is 9.69 Å². The number of nitrogens with one attached hydrogen (secondary N) is 4. The molecule has 3 fully saturated rings. The number of anilines is 1. The van der Waals surface area contributed by atoms with Gasteiger partial charge < -0.3 is 15.4 Å². The lowest BCUT2D eigenvalue weighted by atomic mass is 9.96. The Kier molecular flexibility index (Phi) is 5.68. The number of nitrogens with zero attached hydrogens (tertiary/aromatic N) is 1. The van der Waals surface area contributed by atoms with E-state index >= 15 is 0 Å². The summed E-state index contributed by atoms with van der Waals surface area (Å²) in [6.45, 7) is 2.87. The highest BCUT2D eigenvalue weighted by Crippen LogP contribution is 2.25. The van der Waals surface area contributed by atoms with E-state index in [4.69, 9.17) is 4.74 Å². The average molecular weight is 373 g/mol. The van der Waals surface area contributed by atoms with E-state index in [9.17, 15) is 9.59 Å². The molecule has 1 saturated carbocycles. The van der Waals surface area contributed by atoms with Gasteiger partial charge in [-0.1, -0.05) is 12.1 Å². The highest BCUT2D eigenvalue weighted by atomic mass is 16.5. The van der Waals surface area contributed by atoms with Crippen LogP contribution < -0.4 is 21.5 Å². The SMILES string of the molecule is O=C(OC1CCC1)c1ccccc1NC(=O)C1CCC(N2CCNC2)NN1. The maximum atomic E-state index is 12.7. The van der Waals surface area contributed by atoms with Gasteiger partial charge in [0.25, 0.3) is 0 Å². The topological polar surface area (TPSA) is 94.7 Å². The summed E-state index contributed by atoms with van der Waals surface area (Å²) in [6, 6.07) is 6.68. The van der Waals surface area contributed by atoms with Gasteiger partial charge in [0.2, 0.25) is 5.91 Å². The third-order valence-electron chi connectivity index (χ3n) is 5.53. The lowest BCUT2D eigenvalue weighted by Crippen LogP contribution is -2.60. The van der Waals surface area contributed by atoms with E-state index in [1.165, 1.54) is 0 Å². The Morgan fingerprint density at radius 3 is 2.63 bits per heavy atom. The van der Waals surface area contributed by atoms with Crippen LogP contribution >= 0.6 is 0 Å². The Morgan fingerprint density at radius 1 is 1.11 bits per heavy atom. The predicted octanol–water partition coefficient (Wildman–Crippen LogP) is 0.780. The molecule has 0 aromatic heterocycles. The molecule has 3 aliphatic rings. The normalized spacial score (nSPS) is 26.4. The molecular weight excluding hydrogens is 346 g/mol. The number of ether oxygens (including phenoxy) is 1. The van der Waals surface area contributed by atoms with Crippen molar-refractivity contribution >= 4 is 17.6 Å². The molecular formula is C19H27N5O3. The lowest BCUT2D eigenvalue weighted by molar-refractivity contribution is -0.119. The maximum Gasteiger partial charge on any atom is 0.340 e. The van der Waals surface area contributed by atoms with E-state index in [1.807, 2.05) is 0 Å². The molecule has 4 rings (SSSR count). The molecule has 2 unspecified atom stereocenters. The third-order valence-corrected chi connectivity index (χ3v) is 5.53. The molecule has 1 aliphatic carbocycles. The van der Waals surface area contributed by atoms with Crippen LogP contribution in [0.25, 0.3) is 0 Å². The number of benzene rings is 1. The smallest absolute Gasteiger partial charge is 0.340 e. The minimum absolute atomic E-state index is 0.0162. The van der Waals surface area contributed by atoms with Crippen molar-refractivity contribution in [3.8, 4) is 0 Å². The first kappa shape index (κ1) is 18.4. The van der Waals surface area contributed by atoms with Crippen LogP contribution in [0.15, 0.2) is 24.3 Å². The number of esters is 1. The summed E-state index contributed by atoms with van der Waals surface area (Å²) in [5, 5.41) is 6.20. The Bertz CT molecular complexity index is 680. The van der Waals surface area contributed by atoms with E-state index in [-0.39, 0.29) is 30.2 Å². The van der Waals surface area contributed by atoms with Crippen LogP contribution in [0.4, 0.5) is 5.69 Å². The van der Waals surface area contributed by atoms with E-state index in [2.05, 4.69) is 26.4 Å². The molecule has 2 aliphatic heterocycles. The molecule has 2 saturated heterocycles. The molecule has 4 N–H and O–H groups in total. The molecule has 1 amide bonds. The van der Waals surface area contributed by atoms with E-state index in [0.29, 0.717) is 11.3 Å². The van der Waals surface area contributed by atoms with Crippen LogP contribution in [0, 0.1) is 0 Å². The van der Waals surface area contributed by atoms with Gasteiger partial charge in [0, 0.05) is 19.8 Å². The zero-order chi connectivity index (χ0) is 18.6. The second kappa shape index (κ2) is 8.35. The Hall–Kier alpha value is -2.00. The van der Waals surface area contributed by atoms with Gasteiger partial charge in [-0.2, -0.15) is 0 Å². The van der Waals surface area contributed by atoms with Crippen molar-refractivity contribution in [1.82, 2.24) is 21.1 Å². The summed E-state index contributed by atoms with van der Waals surface area (Å²) in [5.41, 5.74) is 7.26. The number of amides is 1. The molecule has 0 spiro atoms. The Morgan fingerprint density at radius 2 is 1.96 bits per heavy atom. The summed E-state index contributed by atoms with van der Waals surface area (Å²) in [7, 11) is 0. The van der Waals surface area contributed by atoms with Crippen molar-refractivity contribution in [3.05, 3.63) is 29.8 Å². The average Bonchev–Trinajstić information content (AvgIpc) is 3.20. The number of hydrogen-bond acceptors (Lipinski definition) is 7. The number of carbonyl (C=O) groups is 2. The molecule has 2 heterocycles. The Balaban J connectivity index is 1.33. The van der Waals surface area contributed by atoms with E-state index in [1.54, 1.807) is 24.3 Å². The summed E-state index contributed by atoms with van der Waals surface area (Å²) < 4.78 is 5.48. The van der Waals surface area contributed by atoms with Crippen LogP contribution in [0.2, 0.25) is 0 Å². The van der Waals surface area contributed by atoms with Gasteiger partial charge >= 0.3 is 5.97 Å². The molecule has 8 heteroatoms. The number of hydrazine groups is 1. The highest BCUT2D eigenvalue weighted by molar-refractivity contribution is 6.02. The first-order valence-corrected chi connectivity index (χ1v) is 9.77. The molecule has 8 nitrogen and oxygen atoms in total. The van der Waals surface area contributed by atoms with E-state index < -0.39 is 0 Å². The summed E-state index contributed by atoms with van der Waals surface area (Å²) in [4.78, 5) is 27.4. The monoisotopic (exact) mass is 373 g/mol. The van der Waals surface area contributed by atoms with Crippen LogP contribution in [0.5, 0.6) is 0 Å². The molecule has 146 valence electrons. The molecule has 1 aromatic rings. The predicted molar refractivity (Wildman–Crippen MR) is 101 cm³/mol. The van der Waals surface area contributed by atoms with Crippen molar-refractivity contribution in [2.45, 2.75) is 50.4 Å². The minimum Gasteiger partial charge on any atom is -0.459 e. The van der Waals surface area contributed by atoms with Crippen LogP contribution in [-0.4, -0.2) is 54.8 Å². The second-order valence-electron chi connectivity index (χ2n) is 7.40. The minimum atomic E-state index is -0.369. The molecule has 1 aromatic carbocycles. The Labute approximate surface area is 159 Å². The quantitative estimate of drug-likeness (QED) is 0.567. The summed E-state index contributed by atoms with van der Waals surface area (Å²) in [5.74, 6) is -0.517. The first-order chi connectivity index (χ1) is 13.2. The zero-order valence-corrected chi connectivity index (χ0v) is 15.4. The van der Waals surface area contributed by atoms with Crippen molar-refractivity contribution in [3.63, 3.8) is 0 Å². The fraction of sp³-hybridized carbons (Fsp3) is 0.579. The lowest BCUT2D eigenvalue weighted by Gasteiger charge is -2.35. The van der Waals surface area contributed by atoms with Crippen LogP contribution in [0.3, 0.4) is 0 Å². The fourth-order valence-electron chi connectivity index (χ4n) is 3.62. The van der Waals surface area contributed by atoms with Crippen molar-refractivity contribution in [2.75, 3.05) is 25.1 Å².